The van der Waals surface area contributed by atoms with Gasteiger partial charge in [-0.3, -0.25) is 0 Å². The molecule has 98 valence electrons. The van der Waals surface area contributed by atoms with Crippen molar-refractivity contribution >= 4 is 30.6 Å². The zero-order valence-corrected chi connectivity index (χ0v) is 11.2. The van der Waals surface area contributed by atoms with E-state index in [0.717, 1.165) is 11.3 Å². The average Bonchev–Trinajstić information content (AvgIpc) is 2.42. The Morgan fingerprint density at radius 3 is 2.32 bits per heavy atom. The first kappa shape index (κ1) is 13.1. The van der Waals surface area contributed by atoms with Gasteiger partial charge in [-0.2, -0.15) is 0 Å². The molecule has 0 atom stereocenters. The van der Waals surface area contributed by atoms with Crippen LogP contribution in [0.15, 0.2) is 30.3 Å². The Kier molecular flexibility index (Phi) is 3.80. The highest BCUT2D eigenvalue weighted by Crippen LogP contribution is 2.28. The molecule has 2 rings (SSSR count). The van der Waals surface area contributed by atoms with E-state index in [1.165, 1.54) is 0 Å². The number of anilines is 3. The lowest BCUT2D eigenvalue weighted by atomic mass is 10.0. The lowest BCUT2D eigenvalue weighted by Gasteiger charge is -2.12. The number of benzene rings is 1. The van der Waals surface area contributed by atoms with E-state index in [1.807, 2.05) is 32.1 Å². The third-order valence-corrected chi connectivity index (χ3v) is 2.68. The minimum Gasteiger partial charge on any atom is -0.497 e. The first-order valence-electron chi connectivity index (χ1n) is 5.85. The second-order valence-electron chi connectivity index (χ2n) is 4.12. The average molecular weight is 257 g/mol. The molecule has 0 aliphatic carbocycles. The van der Waals surface area contributed by atoms with Crippen molar-refractivity contribution in [2.75, 3.05) is 25.3 Å². The van der Waals surface area contributed by atoms with E-state index in [1.54, 1.807) is 20.3 Å². The Morgan fingerprint density at radius 1 is 1.11 bits per heavy atom. The zero-order chi connectivity index (χ0) is 13.8. The van der Waals surface area contributed by atoms with E-state index in [-0.39, 0.29) is 0 Å². The Labute approximate surface area is 113 Å². The summed E-state index contributed by atoms with van der Waals surface area (Å²) in [6.07, 6.45) is 0. The Hall–Kier alpha value is -2.37. The fourth-order valence-electron chi connectivity index (χ4n) is 1.68. The molecule has 0 unspecified atom stereocenters. The lowest BCUT2D eigenvalue weighted by Crippen LogP contribution is -2.11. The lowest BCUT2D eigenvalue weighted by molar-refractivity contribution is 0.395. The molecule has 1 aromatic heterocycles. The molecular weight excluding hydrogens is 241 g/mol. The molecule has 0 amide bonds. The van der Waals surface area contributed by atoms with Crippen LogP contribution in [0.4, 0.5) is 17.2 Å². The number of hydrogen-bond acceptors (Lipinski definition) is 5. The molecule has 3 N–H and O–H groups in total. The number of nitrogens with two attached hydrogens (primary N) is 1. The summed E-state index contributed by atoms with van der Waals surface area (Å²) in [5.41, 5.74) is 8.18. The van der Waals surface area contributed by atoms with Crippen LogP contribution in [0.5, 0.6) is 11.5 Å². The first-order valence-corrected chi connectivity index (χ1v) is 5.85. The molecule has 1 aromatic carbocycles. The zero-order valence-electron chi connectivity index (χ0n) is 11.2. The summed E-state index contributed by atoms with van der Waals surface area (Å²) in [7, 11) is 5.13. The van der Waals surface area contributed by atoms with E-state index in [9.17, 15) is 0 Å². The van der Waals surface area contributed by atoms with Gasteiger partial charge in [0.05, 0.1) is 19.9 Å². The van der Waals surface area contributed by atoms with Crippen LogP contribution < -0.4 is 26.1 Å². The van der Waals surface area contributed by atoms with Crippen LogP contribution in [0.25, 0.3) is 0 Å². The number of nitrogen functional groups attached to an aromatic ring is 1. The first-order chi connectivity index (χ1) is 9.12. The third kappa shape index (κ3) is 3.10. The van der Waals surface area contributed by atoms with E-state index in [4.69, 9.17) is 15.2 Å². The monoisotopic (exact) mass is 257 g/mol. The summed E-state index contributed by atoms with van der Waals surface area (Å²) in [5.74, 6) is 2.02. The highest BCUT2D eigenvalue weighted by Gasteiger charge is 2.05. The second kappa shape index (κ2) is 5.52. The highest BCUT2D eigenvalue weighted by atomic mass is 16.5. The smallest absolute Gasteiger partial charge is 0.164 e. The summed E-state index contributed by atoms with van der Waals surface area (Å²) in [5, 5.41) is 3.17. The SMILES string of the molecule is Bc1ccc(N)c(Nc2cc(OC)cc(OC)c2)n1. The van der Waals surface area contributed by atoms with Gasteiger partial charge in [0.25, 0.3) is 0 Å². The van der Waals surface area contributed by atoms with Crippen molar-refractivity contribution in [3.8, 4) is 11.5 Å². The summed E-state index contributed by atoms with van der Waals surface area (Å²) >= 11 is 0. The van der Waals surface area contributed by atoms with Gasteiger partial charge in [-0.05, 0) is 17.7 Å². The van der Waals surface area contributed by atoms with Crippen molar-refractivity contribution in [2.24, 2.45) is 0 Å². The fraction of sp³-hybridized carbons (Fsp3) is 0.154. The van der Waals surface area contributed by atoms with Crippen molar-refractivity contribution in [2.45, 2.75) is 0 Å². The Bertz CT molecular complexity index is 568. The number of rotatable bonds is 4. The van der Waals surface area contributed by atoms with Crippen LogP contribution in [0.1, 0.15) is 0 Å². The number of pyridine rings is 1. The molecule has 0 aliphatic heterocycles. The predicted molar refractivity (Wildman–Crippen MR) is 79.7 cm³/mol. The van der Waals surface area contributed by atoms with Crippen molar-refractivity contribution in [3.05, 3.63) is 30.3 Å². The van der Waals surface area contributed by atoms with Gasteiger partial charge < -0.3 is 20.5 Å². The molecule has 0 aliphatic rings. The van der Waals surface area contributed by atoms with Gasteiger partial charge in [0.15, 0.2) is 13.7 Å². The molecule has 6 heteroatoms. The maximum atomic E-state index is 5.89. The van der Waals surface area contributed by atoms with Gasteiger partial charge >= 0.3 is 0 Å². The van der Waals surface area contributed by atoms with Crippen molar-refractivity contribution in [1.82, 2.24) is 4.98 Å². The minimum absolute atomic E-state index is 0.590. The molecule has 0 spiro atoms. The molecule has 0 saturated carbocycles. The van der Waals surface area contributed by atoms with Crippen molar-refractivity contribution in [1.29, 1.82) is 0 Å². The largest absolute Gasteiger partial charge is 0.497 e. The van der Waals surface area contributed by atoms with E-state index < -0.39 is 0 Å². The van der Waals surface area contributed by atoms with Crippen LogP contribution in [0.3, 0.4) is 0 Å². The third-order valence-electron chi connectivity index (χ3n) is 2.68. The van der Waals surface area contributed by atoms with Gasteiger partial charge in [-0.15, -0.1) is 0 Å². The molecule has 19 heavy (non-hydrogen) atoms. The van der Waals surface area contributed by atoms with Gasteiger partial charge in [0.1, 0.15) is 11.5 Å². The number of nitrogens with zero attached hydrogens (tertiary/aromatic N) is 1. The molecule has 0 fully saturated rings. The maximum absolute atomic E-state index is 5.89. The van der Waals surface area contributed by atoms with Gasteiger partial charge in [-0.1, -0.05) is 0 Å². The predicted octanol–water partition coefficient (Wildman–Crippen LogP) is 0.683. The van der Waals surface area contributed by atoms with E-state index in [0.29, 0.717) is 23.0 Å². The molecule has 0 bridgehead atoms. The van der Waals surface area contributed by atoms with Crippen LogP contribution in [-0.4, -0.2) is 27.0 Å². The van der Waals surface area contributed by atoms with Crippen molar-refractivity contribution < 1.29 is 9.47 Å². The van der Waals surface area contributed by atoms with Crippen molar-refractivity contribution in [3.63, 3.8) is 0 Å². The quantitative estimate of drug-likeness (QED) is 0.788. The highest BCUT2D eigenvalue weighted by molar-refractivity contribution is 6.30. The van der Waals surface area contributed by atoms with E-state index in [2.05, 4.69) is 10.3 Å². The summed E-state index contributed by atoms with van der Waals surface area (Å²) < 4.78 is 10.4. The Morgan fingerprint density at radius 2 is 1.74 bits per heavy atom. The Balaban J connectivity index is 2.34. The number of hydrogen-bond donors (Lipinski definition) is 2. The second-order valence-corrected chi connectivity index (χ2v) is 4.12. The number of ether oxygens (including phenoxy) is 2. The molecule has 0 radical (unpaired) electrons. The number of methoxy groups -OCH3 is 2. The van der Waals surface area contributed by atoms with Crippen LogP contribution in [-0.2, 0) is 0 Å². The number of aromatic nitrogens is 1. The fourth-order valence-corrected chi connectivity index (χ4v) is 1.68. The van der Waals surface area contributed by atoms with Gasteiger partial charge in [-0.25, -0.2) is 4.98 Å². The molecular formula is C13H16BN3O2. The summed E-state index contributed by atoms with van der Waals surface area (Å²) in [6.45, 7) is 0. The topological polar surface area (TPSA) is 69.4 Å². The summed E-state index contributed by atoms with van der Waals surface area (Å²) in [4.78, 5) is 4.36. The van der Waals surface area contributed by atoms with Crippen LogP contribution >= 0.6 is 0 Å². The van der Waals surface area contributed by atoms with Gasteiger partial charge in [0.2, 0.25) is 0 Å². The molecule has 1 heterocycles. The maximum Gasteiger partial charge on any atom is 0.164 e. The molecule has 0 saturated heterocycles. The van der Waals surface area contributed by atoms with Crippen LogP contribution in [0, 0.1) is 0 Å². The molecule has 5 nitrogen and oxygen atoms in total. The van der Waals surface area contributed by atoms with Gasteiger partial charge in [0, 0.05) is 23.9 Å². The van der Waals surface area contributed by atoms with E-state index >= 15 is 0 Å². The molecule has 2 aromatic rings. The summed E-state index contributed by atoms with van der Waals surface area (Å²) in [6, 6.07) is 9.20. The standard InChI is InChI=1S/C13H16BN3O2/c1-18-9-5-8(6-10(7-9)19-2)16-13-11(15)3-4-12(14)17-13/h3-7H,14-15H2,1-2H3,(H,16,17). The normalized spacial score (nSPS) is 10.0. The van der Waals surface area contributed by atoms with Crippen LogP contribution in [0.2, 0.25) is 0 Å². The number of nitrogens with one attached hydrogen (secondary N) is 1. The minimum atomic E-state index is 0.590.